The summed E-state index contributed by atoms with van der Waals surface area (Å²) in [5, 5.41) is 3.02. The van der Waals surface area contributed by atoms with Crippen LogP contribution in [0.1, 0.15) is 32.4 Å². The van der Waals surface area contributed by atoms with Crippen molar-refractivity contribution in [3.8, 4) is 0 Å². The van der Waals surface area contributed by atoms with E-state index in [1.807, 2.05) is 20.8 Å². The van der Waals surface area contributed by atoms with Gasteiger partial charge >= 0.3 is 0 Å². The van der Waals surface area contributed by atoms with Crippen LogP contribution in [-0.2, 0) is 14.3 Å². The number of nitrogens with one attached hydrogen (secondary N) is 1. The molecule has 1 aromatic rings. The third kappa shape index (κ3) is 6.29. The third-order valence-corrected chi connectivity index (χ3v) is 5.11. The number of amides is 2. The normalized spacial score (nSPS) is 16.2. The molecule has 0 aliphatic carbocycles. The van der Waals surface area contributed by atoms with E-state index in [9.17, 15) is 14.0 Å². The Morgan fingerprint density at radius 1 is 1.19 bits per heavy atom. The van der Waals surface area contributed by atoms with Gasteiger partial charge in [-0.3, -0.25) is 9.59 Å². The molecule has 1 aromatic carbocycles. The van der Waals surface area contributed by atoms with Gasteiger partial charge < -0.3 is 15.0 Å². The molecule has 1 fully saturated rings. The lowest BCUT2D eigenvalue weighted by Gasteiger charge is -2.32. The summed E-state index contributed by atoms with van der Waals surface area (Å²) in [6.45, 7) is 8.44. The minimum atomic E-state index is -0.301. The van der Waals surface area contributed by atoms with E-state index in [2.05, 4.69) is 5.32 Å². The topological polar surface area (TPSA) is 58.6 Å². The van der Waals surface area contributed by atoms with Gasteiger partial charge in [-0.2, -0.15) is 0 Å². The number of carbonyl (C=O) groups is 2. The van der Waals surface area contributed by atoms with Crippen LogP contribution in [0.4, 0.5) is 4.39 Å². The minimum Gasteiger partial charge on any atom is -0.378 e. The van der Waals surface area contributed by atoms with E-state index in [1.165, 1.54) is 23.9 Å². The third-order valence-electron chi connectivity index (χ3n) is 4.20. The molecule has 1 saturated heterocycles. The molecule has 1 aliphatic heterocycles. The van der Waals surface area contributed by atoms with Crippen molar-refractivity contribution in [2.75, 3.05) is 37.8 Å². The summed E-state index contributed by atoms with van der Waals surface area (Å²) in [6, 6.07) is 5.96. The lowest BCUT2D eigenvalue weighted by Crippen LogP contribution is -2.42. The summed E-state index contributed by atoms with van der Waals surface area (Å²) in [6.07, 6.45) is 0. The van der Waals surface area contributed by atoms with Crippen molar-refractivity contribution in [3.63, 3.8) is 0 Å². The Labute approximate surface area is 158 Å². The summed E-state index contributed by atoms with van der Waals surface area (Å²) in [5.41, 5.74) is 0.642. The lowest BCUT2D eigenvalue weighted by atomic mass is 9.82. The van der Waals surface area contributed by atoms with Gasteiger partial charge in [-0.15, -0.1) is 11.8 Å². The Balaban J connectivity index is 1.85. The molecule has 144 valence electrons. The van der Waals surface area contributed by atoms with Gasteiger partial charge in [0.25, 0.3) is 0 Å². The minimum absolute atomic E-state index is 0.0389. The molecule has 7 heteroatoms. The van der Waals surface area contributed by atoms with Crippen LogP contribution in [0.2, 0.25) is 0 Å². The maximum Gasteiger partial charge on any atom is 0.232 e. The molecule has 0 spiro atoms. The second-order valence-electron chi connectivity index (χ2n) is 7.40. The molecular weight excluding hydrogens is 355 g/mol. The largest absolute Gasteiger partial charge is 0.378 e. The van der Waals surface area contributed by atoms with Crippen molar-refractivity contribution < 1.29 is 18.7 Å². The van der Waals surface area contributed by atoms with E-state index < -0.39 is 0 Å². The van der Waals surface area contributed by atoms with Gasteiger partial charge in [0, 0.05) is 13.1 Å². The van der Waals surface area contributed by atoms with Gasteiger partial charge in [-0.25, -0.2) is 4.39 Å². The van der Waals surface area contributed by atoms with Crippen LogP contribution in [0, 0.1) is 11.2 Å². The van der Waals surface area contributed by atoms with Crippen molar-refractivity contribution >= 4 is 23.6 Å². The number of carbonyl (C=O) groups excluding carboxylic acids is 2. The highest BCUT2D eigenvalue weighted by molar-refractivity contribution is 8.00. The molecule has 26 heavy (non-hydrogen) atoms. The first kappa shape index (κ1) is 20.7. The van der Waals surface area contributed by atoms with E-state index in [4.69, 9.17) is 4.74 Å². The van der Waals surface area contributed by atoms with E-state index in [1.54, 1.807) is 17.0 Å². The molecule has 5 nitrogen and oxygen atoms in total. The Morgan fingerprint density at radius 3 is 2.38 bits per heavy atom. The molecule has 0 aromatic heterocycles. The van der Waals surface area contributed by atoms with Crippen LogP contribution in [0.25, 0.3) is 0 Å². The van der Waals surface area contributed by atoms with Gasteiger partial charge in [-0.1, -0.05) is 32.9 Å². The van der Waals surface area contributed by atoms with Crippen LogP contribution in [-0.4, -0.2) is 54.5 Å². The van der Waals surface area contributed by atoms with Gasteiger partial charge in [-0.05, 0) is 23.1 Å². The first-order chi connectivity index (χ1) is 12.3. The highest BCUT2D eigenvalue weighted by Gasteiger charge is 2.28. The Morgan fingerprint density at radius 2 is 1.81 bits per heavy atom. The number of halogens is 1. The van der Waals surface area contributed by atoms with Crippen molar-refractivity contribution in [2.24, 2.45) is 5.41 Å². The fraction of sp³-hybridized carbons (Fsp3) is 0.579. The maximum absolute atomic E-state index is 13.2. The fourth-order valence-corrected chi connectivity index (χ4v) is 3.52. The van der Waals surface area contributed by atoms with Crippen LogP contribution in [0.5, 0.6) is 0 Å². The SMILES string of the molecule is CC(C)(C)C(NC(=O)CSCC(=O)N1CCOCC1)c1ccc(F)cc1. The van der Waals surface area contributed by atoms with Gasteiger partial charge in [0.2, 0.25) is 11.8 Å². The van der Waals surface area contributed by atoms with E-state index >= 15 is 0 Å². The number of benzene rings is 1. The molecule has 1 atom stereocenters. The number of ether oxygens (including phenoxy) is 1. The quantitative estimate of drug-likeness (QED) is 0.822. The lowest BCUT2D eigenvalue weighted by molar-refractivity contribution is -0.132. The summed E-state index contributed by atoms with van der Waals surface area (Å²) in [5.74, 6) is 0.101. The van der Waals surface area contributed by atoms with E-state index in [-0.39, 0.29) is 40.6 Å². The zero-order chi connectivity index (χ0) is 19.2. The number of hydrogen-bond acceptors (Lipinski definition) is 4. The Kier molecular flexibility index (Phi) is 7.46. The Bertz CT molecular complexity index is 610. The molecule has 2 rings (SSSR count). The van der Waals surface area contributed by atoms with Crippen molar-refractivity contribution in [2.45, 2.75) is 26.8 Å². The average Bonchev–Trinajstić information content (AvgIpc) is 2.60. The highest BCUT2D eigenvalue weighted by Crippen LogP contribution is 2.32. The molecule has 0 radical (unpaired) electrons. The molecule has 0 bridgehead atoms. The van der Waals surface area contributed by atoms with E-state index in [0.29, 0.717) is 26.3 Å². The molecule has 2 amide bonds. The fourth-order valence-electron chi connectivity index (χ4n) is 2.79. The van der Waals surface area contributed by atoms with Crippen LogP contribution in [0.15, 0.2) is 24.3 Å². The second kappa shape index (κ2) is 9.37. The monoisotopic (exact) mass is 382 g/mol. The van der Waals surface area contributed by atoms with Gasteiger partial charge in [0.15, 0.2) is 0 Å². The zero-order valence-electron chi connectivity index (χ0n) is 15.6. The summed E-state index contributed by atoms with van der Waals surface area (Å²) >= 11 is 1.31. The predicted octanol–water partition coefficient (Wildman–Crippen LogP) is 2.62. The molecular formula is C19H27FN2O3S. The summed E-state index contributed by atoms with van der Waals surface area (Å²) < 4.78 is 18.4. The van der Waals surface area contributed by atoms with Gasteiger partial charge in [0.1, 0.15) is 5.82 Å². The van der Waals surface area contributed by atoms with Crippen molar-refractivity contribution in [1.82, 2.24) is 10.2 Å². The summed E-state index contributed by atoms with van der Waals surface area (Å²) in [4.78, 5) is 26.2. The zero-order valence-corrected chi connectivity index (χ0v) is 16.4. The maximum atomic E-state index is 13.2. The van der Waals surface area contributed by atoms with E-state index in [0.717, 1.165) is 5.56 Å². The second-order valence-corrected chi connectivity index (χ2v) is 8.39. The molecule has 1 N–H and O–H groups in total. The van der Waals surface area contributed by atoms with Crippen molar-refractivity contribution in [3.05, 3.63) is 35.6 Å². The summed E-state index contributed by atoms with van der Waals surface area (Å²) in [7, 11) is 0. The van der Waals surface area contributed by atoms with Gasteiger partial charge in [0.05, 0.1) is 30.8 Å². The average molecular weight is 383 g/mol. The Hall–Kier alpha value is -1.60. The predicted molar refractivity (Wildman–Crippen MR) is 101 cm³/mol. The smallest absolute Gasteiger partial charge is 0.232 e. The standard InChI is InChI=1S/C19H27FN2O3S/c1-19(2,3)18(14-4-6-15(20)7-5-14)21-16(23)12-26-13-17(24)22-8-10-25-11-9-22/h4-7,18H,8-13H2,1-3H3,(H,21,23). The first-order valence-electron chi connectivity index (χ1n) is 8.75. The first-order valence-corrected chi connectivity index (χ1v) is 9.91. The number of morpholine rings is 1. The van der Waals surface area contributed by atoms with Crippen LogP contribution >= 0.6 is 11.8 Å². The molecule has 0 saturated carbocycles. The number of rotatable bonds is 6. The van der Waals surface area contributed by atoms with Crippen LogP contribution < -0.4 is 5.32 Å². The number of thioether (sulfide) groups is 1. The number of hydrogen-bond donors (Lipinski definition) is 1. The molecule has 1 unspecified atom stereocenters. The molecule has 1 aliphatic rings. The molecule has 1 heterocycles. The highest BCUT2D eigenvalue weighted by atomic mass is 32.2. The van der Waals surface area contributed by atoms with Crippen LogP contribution in [0.3, 0.4) is 0 Å². The van der Waals surface area contributed by atoms with Crippen molar-refractivity contribution in [1.29, 1.82) is 0 Å². The number of nitrogens with zero attached hydrogens (tertiary/aromatic N) is 1.